The van der Waals surface area contributed by atoms with Gasteiger partial charge in [-0.05, 0) is 60.8 Å². The lowest BCUT2D eigenvalue weighted by molar-refractivity contribution is 0.0690. The lowest BCUT2D eigenvalue weighted by Gasteiger charge is -2.31. The monoisotopic (exact) mass is 236 g/mol. The van der Waals surface area contributed by atoms with Crippen LogP contribution in [0.3, 0.4) is 0 Å². The standard InChI is InChI=1S/C15H24O2/c1-9-4-5-10-12(9)13-11(14(13,2)8-16)6-7-15(10,3)17/h5,9,11-13,16-17H,4,6-8H2,1-3H3/t9-,11-,12-,13-,14+,15-/m1/s1. The molecule has 3 aliphatic rings. The first kappa shape index (κ1) is 11.7. The second-order valence-corrected chi connectivity index (χ2v) is 7.01. The van der Waals surface area contributed by atoms with Crippen molar-refractivity contribution in [1.29, 1.82) is 0 Å². The average Bonchev–Trinajstić information content (AvgIpc) is 2.70. The van der Waals surface area contributed by atoms with Crippen molar-refractivity contribution in [3.63, 3.8) is 0 Å². The van der Waals surface area contributed by atoms with Crippen molar-refractivity contribution in [1.82, 2.24) is 0 Å². The van der Waals surface area contributed by atoms with E-state index < -0.39 is 5.60 Å². The molecule has 3 rings (SSSR count). The van der Waals surface area contributed by atoms with E-state index in [4.69, 9.17) is 0 Å². The summed E-state index contributed by atoms with van der Waals surface area (Å²) in [4.78, 5) is 0. The maximum absolute atomic E-state index is 10.6. The summed E-state index contributed by atoms with van der Waals surface area (Å²) < 4.78 is 0. The van der Waals surface area contributed by atoms with Gasteiger partial charge >= 0.3 is 0 Å². The molecule has 96 valence electrons. The van der Waals surface area contributed by atoms with Crippen LogP contribution in [-0.4, -0.2) is 22.4 Å². The third kappa shape index (κ3) is 1.40. The van der Waals surface area contributed by atoms with Gasteiger partial charge in [-0.3, -0.25) is 0 Å². The second-order valence-electron chi connectivity index (χ2n) is 7.01. The molecule has 2 heteroatoms. The maximum Gasteiger partial charge on any atom is 0.0831 e. The van der Waals surface area contributed by atoms with E-state index in [1.165, 1.54) is 5.57 Å². The largest absolute Gasteiger partial charge is 0.396 e. The maximum atomic E-state index is 10.6. The normalized spacial score (nSPS) is 56.9. The number of hydrogen-bond acceptors (Lipinski definition) is 2. The van der Waals surface area contributed by atoms with Gasteiger partial charge in [-0.15, -0.1) is 0 Å². The van der Waals surface area contributed by atoms with E-state index in [0.29, 0.717) is 30.3 Å². The first-order valence-corrected chi connectivity index (χ1v) is 6.95. The number of hydrogen-bond donors (Lipinski definition) is 2. The number of allylic oxidation sites excluding steroid dienone is 1. The molecule has 0 unspecified atom stereocenters. The van der Waals surface area contributed by atoms with Crippen molar-refractivity contribution < 1.29 is 10.2 Å². The van der Waals surface area contributed by atoms with Gasteiger partial charge in [-0.25, -0.2) is 0 Å². The van der Waals surface area contributed by atoms with Crippen LogP contribution in [0.4, 0.5) is 0 Å². The first-order chi connectivity index (χ1) is 7.92. The molecule has 0 aromatic carbocycles. The quantitative estimate of drug-likeness (QED) is 0.686. The van der Waals surface area contributed by atoms with E-state index in [1.54, 1.807) is 0 Å². The summed E-state index contributed by atoms with van der Waals surface area (Å²) >= 11 is 0. The summed E-state index contributed by atoms with van der Waals surface area (Å²) in [5.74, 6) is 2.37. The van der Waals surface area contributed by atoms with E-state index in [9.17, 15) is 10.2 Å². The van der Waals surface area contributed by atoms with Crippen molar-refractivity contribution in [2.45, 2.75) is 45.6 Å². The Labute approximate surface area is 104 Å². The van der Waals surface area contributed by atoms with Gasteiger partial charge in [0.1, 0.15) is 0 Å². The number of rotatable bonds is 1. The van der Waals surface area contributed by atoms with Crippen molar-refractivity contribution >= 4 is 0 Å². The molecule has 2 fully saturated rings. The minimum atomic E-state index is -0.598. The molecule has 3 aliphatic carbocycles. The molecular formula is C15H24O2. The van der Waals surface area contributed by atoms with E-state index in [0.717, 1.165) is 19.3 Å². The lowest BCUT2D eigenvalue weighted by Crippen LogP contribution is -2.32. The summed E-state index contributed by atoms with van der Waals surface area (Å²) in [6.07, 6.45) is 5.29. The van der Waals surface area contributed by atoms with E-state index in [1.807, 2.05) is 6.92 Å². The zero-order valence-electron chi connectivity index (χ0n) is 11.1. The molecule has 0 spiro atoms. The van der Waals surface area contributed by atoms with Gasteiger partial charge in [-0.2, -0.15) is 0 Å². The van der Waals surface area contributed by atoms with E-state index in [2.05, 4.69) is 19.9 Å². The minimum Gasteiger partial charge on any atom is -0.396 e. The Balaban J connectivity index is 1.97. The summed E-state index contributed by atoms with van der Waals surface area (Å²) in [7, 11) is 0. The topological polar surface area (TPSA) is 40.5 Å². The van der Waals surface area contributed by atoms with Gasteiger partial charge in [0.2, 0.25) is 0 Å². The molecule has 0 saturated heterocycles. The predicted octanol–water partition coefficient (Wildman–Crippen LogP) is 2.36. The molecule has 2 nitrogen and oxygen atoms in total. The van der Waals surface area contributed by atoms with Gasteiger partial charge in [0.25, 0.3) is 0 Å². The van der Waals surface area contributed by atoms with Gasteiger partial charge in [0.15, 0.2) is 0 Å². The fourth-order valence-electron chi connectivity index (χ4n) is 4.70. The summed E-state index contributed by atoms with van der Waals surface area (Å²) in [6, 6.07) is 0. The van der Waals surface area contributed by atoms with Crippen LogP contribution in [0.1, 0.15) is 40.0 Å². The molecule has 6 atom stereocenters. The lowest BCUT2D eigenvalue weighted by atomic mass is 9.78. The molecule has 17 heavy (non-hydrogen) atoms. The van der Waals surface area contributed by atoms with Crippen molar-refractivity contribution in [2.24, 2.45) is 29.1 Å². The fraction of sp³-hybridized carbons (Fsp3) is 0.867. The summed E-state index contributed by atoms with van der Waals surface area (Å²) in [5, 5.41) is 20.2. The smallest absolute Gasteiger partial charge is 0.0831 e. The second kappa shape index (κ2) is 3.36. The Morgan fingerprint density at radius 3 is 2.76 bits per heavy atom. The van der Waals surface area contributed by atoms with Crippen LogP contribution >= 0.6 is 0 Å². The van der Waals surface area contributed by atoms with Crippen molar-refractivity contribution in [3.05, 3.63) is 11.6 Å². The number of aliphatic hydroxyl groups excluding tert-OH is 1. The van der Waals surface area contributed by atoms with Crippen LogP contribution in [0.15, 0.2) is 11.6 Å². The molecular weight excluding hydrogens is 212 g/mol. The summed E-state index contributed by atoms with van der Waals surface area (Å²) in [5.41, 5.74) is 0.799. The predicted molar refractivity (Wildman–Crippen MR) is 67.4 cm³/mol. The fourth-order valence-corrected chi connectivity index (χ4v) is 4.70. The highest BCUT2D eigenvalue weighted by atomic mass is 16.3. The zero-order valence-corrected chi connectivity index (χ0v) is 11.1. The van der Waals surface area contributed by atoms with Crippen molar-refractivity contribution in [2.75, 3.05) is 6.61 Å². The Morgan fingerprint density at radius 2 is 2.12 bits per heavy atom. The van der Waals surface area contributed by atoms with Crippen LogP contribution in [0.2, 0.25) is 0 Å². The Bertz CT molecular complexity index is 371. The molecule has 0 radical (unpaired) electrons. The number of fused-ring (bicyclic) bond motifs is 3. The van der Waals surface area contributed by atoms with E-state index in [-0.39, 0.29) is 5.41 Å². The van der Waals surface area contributed by atoms with Crippen LogP contribution in [-0.2, 0) is 0 Å². The van der Waals surface area contributed by atoms with Crippen LogP contribution < -0.4 is 0 Å². The van der Waals surface area contributed by atoms with Gasteiger partial charge in [0.05, 0.1) is 5.60 Å². The summed E-state index contributed by atoms with van der Waals surface area (Å²) in [6.45, 7) is 6.81. The van der Waals surface area contributed by atoms with Gasteiger partial charge < -0.3 is 10.2 Å². The Morgan fingerprint density at radius 1 is 1.41 bits per heavy atom. The zero-order chi connectivity index (χ0) is 12.4. The molecule has 0 heterocycles. The Hall–Kier alpha value is -0.340. The molecule has 0 bridgehead atoms. The third-order valence-electron chi connectivity index (χ3n) is 5.91. The number of aliphatic hydroxyl groups is 2. The molecule has 0 aliphatic heterocycles. The highest BCUT2D eigenvalue weighted by molar-refractivity contribution is 5.32. The molecule has 2 N–H and O–H groups in total. The van der Waals surface area contributed by atoms with Crippen molar-refractivity contribution in [3.8, 4) is 0 Å². The van der Waals surface area contributed by atoms with Gasteiger partial charge in [-0.1, -0.05) is 19.9 Å². The highest BCUT2D eigenvalue weighted by Gasteiger charge is 2.67. The van der Waals surface area contributed by atoms with Crippen LogP contribution in [0.5, 0.6) is 0 Å². The SMILES string of the molecule is C[C@@H]1CC=C2[C@@H]1[C@H]1[C@@H](CC[C@@]2(C)O)[C@]1(C)CO. The third-order valence-corrected chi connectivity index (χ3v) is 5.91. The first-order valence-electron chi connectivity index (χ1n) is 6.95. The molecule has 0 aromatic rings. The molecule has 0 aromatic heterocycles. The van der Waals surface area contributed by atoms with Crippen LogP contribution in [0.25, 0.3) is 0 Å². The Kier molecular flexibility index (Phi) is 2.32. The molecule has 2 saturated carbocycles. The van der Waals surface area contributed by atoms with Crippen LogP contribution in [0, 0.1) is 29.1 Å². The molecule has 0 amide bonds. The average molecular weight is 236 g/mol. The van der Waals surface area contributed by atoms with Gasteiger partial charge in [0, 0.05) is 6.61 Å². The highest BCUT2D eigenvalue weighted by Crippen LogP contribution is 2.70. The minimum absolute atomic E-state index is 0.124. The van der Waals surface area contributed by atoms with E-state index >= 15 is 0 Å².